The maximum atomic E-state index is 13.2. The van der Waals surface area contributed by atoms with Gasteiger partial charge in [0.15, 0.2) is 11.7 Å². The van der Waals surface area contributed by atoms with Gasteiger partial charge in [0.2, 0.25) is 0 Å². The van der Waals surface area contributed by atoms with Crippen molar-refractivity contribution in [2.45, 2.75) is 32.1 Å². The first kappa shape index (κ1) is 22.5. The molecule has 2 aromatic heterocycles. The van der Waals surface area contributed by atoms with Crippen molar-refractivity contribution >= 4 is 50.8 Å². The summed E-state index contributed by atoms with van der Waals surface area (Å²) >= 11 is 7.24. The number of nitrogens with zero attached hydrogens (tertiary/aromatic N) is 2. The van der Waals surface area contributed by atoms with E-state index in [1.807, 2.05) is 41.8 Å². The van der Waals surface area contributed by atoms with Crippen molar-refractivity contribution in [3.8, 4) is 11.3 Å². The number of fused-ring (bicyclic) bond motifs is 2. The van der Waals surface area contributed by atoms with Crippen molar-refractivity contribution in [3.63, 3.8) is 0 Å². The largest absolute Gasteiger partial charge is 0.452 e. The van der Waals surface area contributed by atoms with Crippen LogP contribution in [0.3, 0.4) is 0 Å². The summed E-state index contributed by atoms with van der Waals surface area (Å²) in [6.07, 6.45) is 4.81. The third-order valence-electron chi connectivity index (χ3n) is 5.85. The van der Waals surface area contributed by atoms with Crippen LogP contribution in [0.25, 0.3) is 22.2 Å². The van der Waals surface area contributed by atoms with Gasteiger partial charge in [-0.2, -0.15) is 0 Å². The second-order valence-corrected chi connectivity index (χ2v) is 9.45. The first-order chi connectivity index (χ1) is 16.6. The number of hydrogen-bond donors (Lipinski definition) is 1. The summed E-state index contributed by atoms with van der Waals surface area (Å²) in [5.41, 5.74) is 4.86. The van der Waals surface area contributed by atoms with E-state index in [1.54, 1.807) is 12.1 Å². The second kappa shape index (κ2) is 9.91. The Morgan fingerprint density at radius 2 is 1.79 bits per heavy atom. The fourth-order valence-corrected chi connectivity index (χ4v) is 5.09. The quantitative estimate of drug-likeness (QED) is 0.270. The average Bonchev–Trinajstić information content (AvgIpc) is 3.18. The summed E-state index contributed by atoms with van der Waals surface area (Å²) in [4.78, 5) is 34.9. The summed E-state index contributed by atoms with van der Waals surface area (Å²) < 4.78 is 5.47. The van der Waals surface area contributed by atoms with Gasteiger partial charge < -0.3 is 4.74 Å². The minimum atomic E-state index is -0.493. The van der Waals surface area contributed by atoms with Gasteiger partial charge in [0.25, 0.3) is 5.91 Å². The van der Waals surface area contributed by atoms with Crippen LogP contribution in [0.2, 0.25) is 5.02 Å². The predicted octanol–water partition coefficient (Wildman–Crippen LogP) is 6.08. The Morgan fingerprint density at radius 1 is 1.00 bits per heavy atom. The standard InChI is InChI=1S/C26H22ClN3O3S/c27-17-12-10-16(11-13-17)22-15-34-26(29-22)30-23(31)14-33-25(32)24-18-6-2-1-3-8-20(18)28-21-9-5-4-7-19(21)24/h4-5,7,9-13,15H,1-3,6,8,14H2,(H,29,30,31). The highest BCUT2D eigenvalue weighted by molar-refractivity contribution is 7.14. The molecular formula is C26H22ClN3O3S. The molecule has 2 aromatic carbocycles. The molecule has 0 fully saturated rings. The molecule has 0 atom stereocenters. The second-order valence-electron chi connectivity index (χ2n) is 8.16. The minimum absolute atomic E-state index is 0.389. The number of anilines is 1. The van der Waals surface area contributed by atoms with Crippen LogP contribution in [0.15, 0.2) is 53.9 Å². The van der Waals surface area contributed by atoms with Crippen molar-refractivity contribution in [3.05, 3.63) is 75.8 Å². The van der Waals surface area contributed by atoms with E-state index in [9.17, 15) is 9.59 Å². The molecule has 4 aromatic rings. The maximum Gasteiger partial charge on any atom is 0.339 e. The highest BCUT2D eigenvalue weighted by Crippen LogP contribution is 2.30. The molecule has 8 heteroatoms. The van der Waals surface area contributed by atoms with Crippen molar-refractivity contribution in [1.82, 2.24) is 9.97 Å². The zero-order valence-electron chi connectivity index (χ0n) is 18.3. The lowest BCUT2D eigenvalue weighted by atomic mass is 9.97. The van der Waals surface area contributed by atoms with Gasteiger partial charge in [0.05, 0.1) is 16.8 Å². The molecule has 0 saturated carbocycles. The van der Waals surface area contributed by atoms with Crippen molar-refractivity contribution < 1.29 is 14.3 Å². The molecule has 0 radical (unpaired) electrons. The Kier molecular flexibility index (Phi) is 6.56. The number of rotatable bonds is 5. The topological polar surface area (TPSA) is 81.2 Å². The van der Waals surface area contributed by atoms with Crippen LogP contribution in [0.5, 0.6) is 0 Å². The normalized spacial score (nSPS) is 13.2. The van der Waals surface area contributed by atoms with Crippen LogP contribution >= 0.6 is 22.9 Å². The number of pyridine rings is 1. The number of esters is 1. The molecule has 34 heavy (non-hydrogen) atoms. The van der Waals surface area contributed by atoms with Gasteiger partial charge in [-0.25, -0.2) is 9.78 Å². The monoisotopic (exact) mass is 491 g/mol. The van der Waals surface area contributed by atoms with Crippen LogP contribution in [0.4, 0.5) is 5.13 Å². The van der Waals surface area contributed by atoms with E-state index < -0.39 is 11.9 Å². The first-order valence-corrected chi connectivity index (χ1v) is 12.4. The van der Waals surface area contributed by atoms with Crippen LogP contribution in [-0.2, 0) is 22.4 Å². The van der Waals surface area contributed by atoms with Gasteiger partial charge in [0, 0.05) is 27.0 Å². The third-order valence-corrected chi connectivity index (χ3v) is 6.86. The first-order valence-electron chi connectivity index (χ1n) is 11.2. The van der Waals surface area contributed by atoms with Gasteiger partial charge in [-0.05, 0) is 49.4 Å². The fraction of sp³-hybridized carbons (Fsp3) is 0.231. The number of para-hydroxylation sites is 1. The number of amides is 1. The number of hydrogen-bond acceptors (Lipinski definition) is 6. The Morgan fingerprint density at radius 3 is 2.65 bits per heavy atom. The van der Waals surface area contributed by atoms with Crippen molar-refractivity contribution in [1.29, 1.82) is 0 Å². The zero-order chi connectivity index (χ0) is 23.5. The van der Waals surface area contributed by atoms with Crippen LogP contribution < -0.4 is 5.32 Å². The molecule has 1 amide bonds. The van der Waals surface area contributed by atoms with E-state index in [4.69, 9.17) is 21.3 Å². The molecule has 1 N–H and O–H groups in total. The molecule has 1 aliphatic rings. The van der Waals surface area contributed by atoms with E-state index in [-0.39, 0.29) is 6.61 Å². The molecule has 2 heterocycles. The van der Waals surface area contributed by atoms with Crippen LogP contribution in [-0.4, -0.2) is 28.5 Å². The number of ether oxygens (including phenoxy) is 1. The number of aryl methyl sites for hydroxylation is 1. The van der Waals surface area contributed by atoms with E-state index in [2.05, 4.69) is 10.3 Å². The molecule has 0 unspecified atom stereocenters. The molecule has 0 aliphatic heterocycles. The highest BCUT2D eigenvalue weighted by Gasteiger charge is 2.23. The Hall–Kier alpha value is -3.29. The maximum absolute atomic E-state index is 13.2. The van der Waals surface area contributed by atoms with E-state index in [1.165, 1.54) is 11.3 Å². The lowest BCUT2D eigenvalue weighted by Crippen LogP contribution is -2.22. The molecule has 0 spiro atoms. The fourth-order valence-electron chi connectivity index (χ4n) is 4.23. The number of nitrogens with one attached hydrogen (secondary N) is 1. The van der Waals surface area contributed by atoms with Crippen LogP contribution in [0.1, 0.15) is 40.9 Å². The lowest BCUT2D eigenvalue weighted by Gasteiger charge is -2.14. The summed E-state index contributed by atoms with van der Waals surface area (Å²) in [5, 5.41) is 6.41. The molecule has 1 aliphatic carbocycles. The molecular weight excluding hydrogens is 470 g/mol. The van der Waals surface area contributed by atoms with Crippen molar-refractivity contribution in [2.24, 2.45) is 0 Å². The van der Waals surface area contributed by atoms with E-state index in [0.29, 0.717) is 15.7 Å². The Balaban J connectivity index is 1.30. The number of aromatic nitrogens is 2. The SMILES string of the molecule is O=C(COC(=O)c1c2c(nc3ccccc13)CCCCC2)Nc1nc(-c2ccc(Cl)cc2)cs1. The van der Waals surface area contributed by atoms with Gasteiger partial charge in [-0.1, -0.05) is 48.4 Å². The average molecular weight is 492 g/mol. The van der Waals surface area contributed by atoms with Gasteiger partial charge in [-0.3, -0.25) is 15.1 Å². The molecule has 6 nitrogen and oxygen atoms in total. The number of thiazole rings is 1. The summed E-state index contributed by atoms with van der Waals surface area (Å²) in [6, 6.07) is 14.9. The lowest BCUT2D eigenvalue weighted by molar-refractivity contribution is -0.119. The summed E-state index contributed by atoms with van der Waals surface area (Å²) in [6.45, 7) is -0.389. The Bertz CT molecular complexity index is 1370. The van der Waals surface area contributed by atoms with Crippen LogP contribution in [0, 0.1) is 0 Å². The third kappa shape index (κ3) is 4.81. The Labute approximate surface area is 206 Å². The zero-order valence-corrected chi connectivity index (χ0v) is 19.9. The van der Waals surface area contributed by atoms with Crippen molar-refractivity contribution in [2.75, 3.05) is 11.9 Å². The van der Waals surface area contributed by atoms with Gasteiger partial charge in [-0.15, -0.1) is 11.3 Å². The van der Waals surface area contributed by atoms with Gasteiger partial charge >= 0.3 is 5.97 Å². The highest BCUT2D eigenvalue weighted by atomic mass is 35.5. The smallest absolute Gasteiger partial charge is 0.339 e. The molecule has 5 rings (SSSR count). The predicted molar refractivity (Wildman–Crippen MR) is 134 cm³/mol. The van der Waals surface area contributed by atoms with E-state index >= 15 is 0 Å². The number of carbonyl (C=O) groups is 2. The summed E-state index contributed by atoms with van der Waals surface area (Å²) in [7, 11) is 0. The molecule has 172 valence electrons. The minimum Gasteiger partial charge on any atom is -0.452 e. The van der Waals surface area contributed by atoms with Gasteiger partial charge in [0.1, 0.15) is 0 Å². The number of benzene rings is 2. The number of carbonyl (C=O) groups excluding carboxylic acids is 2. The summed E-state index contributed by atoms with van der Waals surface area (Å²) in [5.74, 6) is -0.928. The van der Waals surface area contributed by atoms with E-state index in [0.717, 1.165) is 65.5 Å². The number of halogens is 1. The molecule has 0 saturated heterocycles. The molecule has 0 bridgehead atoms.